The van der Waals surface area contributed by atoms with E-state index in [0.717, 1.165) is 82.1 Å². The van der Waals surface area contributed by atoms with E-state index in [1.165, 1.54) is 16.7 Å². The predicted octanol–water partition coefficient (Wildman–Crippen LogP) is 8.46. The van der Waals surface area contributed by atoms with Crippen LogP contribution < -0.4 is 33.2 Å². The number of ether oxygens (including phenoxy) is 7. The van der Waals surface area contributed by atoms with Crippen LogP contribution in [-0.4, -0.2) is 59.6 Å². The van der Waals surface area contributed by atoms with Crippen molar-refractivity contribution in [1.29, 1.82) is 0 Å². The molecule has 53 heavy (non-hydrogen) atoms. The Kier molecular flexibility index (Phi) is 13.9. The summed E-state index contributed by atoms with van der Waals surface area (Å²) in [6.45, 7) is 6.34. The third-order valence-corrected chi connectivity index (χ3v) is 9.04. The van der Waals surface area contributed by atoms with Crippen LogP contribution >= 0.6 is 0 Å². The molecule has 0 unspecified atom stereocenters. The summed E-state index contributed by atoms with van der Waals surface area (Å²) < 4.78 is 39.1. The molecule has 0 saturated heterocycles. The summed E-state index contributed by atoms with van der Waals surface area (Å²) in [6, 6.07) is 33.3. The first kappa shape index (κ1) is 38.8. The van der Waals surface area contributed by atoms with Gasteiger partial charge in [0.1, 0.15) is 40.2 Å². The Morgan fingerprint density at radius 1 is 0.302 bits per heavy atom. The van der Waals surface area contributed by atoms with Gasteiger partial charge in [-0.1, -0.05) is 30.3 Å². The molecule has 0 bridgehead atoms. The third-order valence-electron chi connectivity index (χ3n) is 9.04. The van der Waals surface area contributed by atoms with E-state index in [1.54, 1.807) is 49.8 Å². The van der Waals surface area contributed by atoms with Crippen molar-refractivity contribution >= 4 is 0 Å². The largest absolute Gasteiger partial charge is 0.497 e. The standard InChI is InChI=1S/C44H52N2O7/c1-31-13-34(15-38(14-31)47-2)27-45(28-35-16-39(48-3)22-40(17-35)49-4)25-32-9-11-33(12-10-32)26-46(29-36-18-41(50-5)23-42(19-36)51-6)30-37-20-43(52-7)24-44(21-37)53-8/h9-24H,25-30H2,1-8H3. The van der Waals surface area contributed by atoms with Gasteiger partial charge in [0.05, 0.1) is 49.8 Å². The van der Waals surface area contributed by atoms with Crippen LogP contribution in [-0.2, 0) is 39.3 Å². The maximum Gasteiger partial charge on any atom is 0.122 e. The smallest absolute Gasteiger partial charge is 0.122 e. The van der Waals surface area contributed by atoms with Crippen LogP contribution in [0.2, 0.25) is 0 Å². The first-order valence-corrected chi connectivity index (χ1v) is 17.6. The van der Waals surface area contributed by atoms with Crippen molar-refractivity contribution in [2.45, 2.75) is 46.2 Å². The molecule has 0 aliphatic heterocycles. The Bertz CT molecular complexity index is 1800. The first-order valence-electron chi connectivity index (χ1n) is 17.6. The molecule has 280 valence electrons. The molecule has 0 aliphatic carbocycles. The van der Waals surface area contributed by atoms with E-state index >= 15 is 0 Å². The maximum atomic E-state index is 5.60. The number of aryl methyl sites for hydroxylation is 1. The van der Waals surface area contributed by atoms with Crippen LogP contribution in [0, 0.1) is 6.92 Å². The van der Waals surface area contributed by atoms with Gasteiger partial charge in [-0.05, 0) is 94.4 Å². The van der Waals surface area contributed by atoms with Gasteiger partial charge in [-0.25, -0.2) is 0 Å². The van der Waals surface area contributed by atoms with Crippen molar-refractivity contribution in [3.8, 4) is 40.2 Å². The van der Waals surface area contributed by atoms with Gasteiger partial charge in [0, 0.05) is 57.5 Å². The van der Waals surface area contributed by atoms with Crippen molar-refractivity contribution in [3.05, 3.63) is 136 Å². The summed E-state index contributed by atoms with van der Waals surface area (Å²) in [7, 11) is 11.8. The number of nitrogens with zero attached hydrogens (tertiary/aromatic N) is 2. The molecular weight excluding hydrogens is 668 g/mol. The molecule has 0 heterocycles. The van der Waals surface area contributed by atoms with Crippen molar-refractivity contribution in [1.82, 2.24) is 9.80 Å². The van der Waals surface area contributed by atoms with Crippen molar-refractivity contribution in [3.63, 3.8) is 0 Å². The fourth-order valence-electron chi connectivity index (χ4n) is 6.54. The van der Waals surface area contributed by atoms with Gasteiger partial charge in [-0.15, -0.1) is 0 Å². The molecule has 0 fully saturated rings. The van der Waals surface area contributed by atoms with E-state index in [-0.39, 0.29) is 0 Å². The van der Waals surface area contributed by atoms with E-state index < -0.39 is 0 Å². The minimum atomic E-state index is 0.673. The van der Waals surface area contributed by atoms with Crippen LogP contribution in [0.5, 0.6) is 40.2 Å². The van der Waals surface area contributed by atoms with Crippen LogP contribution in [0.3, 0.4) is 0 Å². The van der Waals surface area contributed by atoms with Crippen LogP contribution in [0.4, 0.5) is 0 Å². The highest BCUT2D eigenvalue weighted by molar-refractivity contribution is 5.41. The van der Waals surface area contributed by atoms with Crippen LogP contribution in [0.15, 0.2) is 97.1 Å². The summed E-state index contributed by atoms with van der Waals surface area (Å²) in [4.78, 5) is 4.82. The minimum Gasteiger partial charge on any atom is -0.497 e. The van der Waals surface area contributed by atoms with Gasteiger partial charge in [-0.3, -0.25) is 9.80 Å². The third kappa shape index (κ3) is 11.3. The molecule has 0 aromatic heterocycles. The summed E-state index contributed by atoms with van der Waals surface area (Å²) in [5, 5.41) is 0. The molecule has 0 aliphatic rings. The zero-order valence-corrected chi connectivity index (χ0v) is 32.2. The highest BCUT2D eigenvalue weighted by atomic mass is 16.5. The number of hydrogen-bond donors (Lipinski definition) is 0. The lowest BCUT2D eigenvalue weighted by molar-refractivity contribution is 0.244. The molecular formula is C44H52N2O7. The molecule has 0 atom stereocenters. The summed E-state index contributed by atoms with van der Waals surface area (Å²) in [5.41, 5.74) is 8.05. The summed E-state index contributed by atoms with van der Waals surface area (Å²) in [6.07, 6.45) is 0. The normalized spacial score (nSPS) is 11.1. The SMILES string of the molecule is COc1cc(C)cc(CN(Cc2ccc(CN(Cc3cc(OC)cc(OC)c3)Cc3cc(OC)cc(OC)c3)cc2)Cc2cc(OC)cc(OC)c2)c1. The molecule has 5 aromatic rings. The number of rotatable bonds is 19. The van der Waals surface area contributed by atoms with Gasteiger partial charge < -0.3 is 33.2 Å². The highest BCUT2D eigenvalue weighted by Crippen LogP contribution is 2.29. The van der Waals surface area contributed by atoms with E-state index in [2.05, 4.69) is 95.6 Å². The van der Waals surface area contributed by atoms with E-state index in [9.17, 15) is 0 Å². The number of benzene rings is 5. The molecule has 0 amide bonds. The van der Waals surface area contributed by atoms with E-state index in [1.807, 2.05) is 18.2 Å². The van der Waals surface area contributed by atoms with E-state index in [4.69, 9.17) is 33.2 Å². The van der Waals surface area contributed by atoms with Gasteiger partial charge in [-0.2, -0.15) is 0 Å². The minimum absolute atomic E-state index is 0.673. The lowest BCUT2D eigenvalue weighted by Gasteiger charge is -2.25. The lowest BCUT2D eigenvalue weighted by Crippen LogP contribution is -2.23. The van der Waals surface area contributed by atoms with Crippen molar-refractivity contribution in [2.75, 3.05) is 49.8 Å². The second kappa shape index (κ2) is 18.9. The second-order valence-corrected chi connectivity index (χ2v) is 13.1. The molecule has 5 rings (SSSR count). The molecule has 9 heteroatoms. The fraction of sp³-hybridized carbons (Fsp3) is 0.318. The molecule has 9 nitrogen and oxygen atoms in total. The monoisotopic (exact) mass is 720 g/mol. The Morgan fingerprint density at radius 2 is 0.528 bits per heavy atom. The molecule has 0 saturated carbocycles. The molecule has 5 aromatic carbocycles. The zero-order chi connectivity index (χ0) is 37.7. The Balaban J connectivity index is 1.40. The van der Waals surface area contributed by atoms with Crippen LogP contribution in [0.1, 0.15) is 38.9 Å². The highest BCUT2D eigenvalue weighted by Gasteiger charge is 2.15. The Labute approximate surface area is 314 Å². The van der Waals surface area contributed by atoms with Gasteiger partial charge in [0.2, 0.25) is 0 Å². The summed E-state index contributed by atoms with van der Waals surface area (Å²) in [5.74, 6) is 5.42. The molecule has 0 spiro atoms. The van der Waals surface area contributed by atoms with Gasteiger partial charge in [0.25, 0.3) is 0 Å². The van der Waals surface area contributed by atoms with Gasteiger partial charge >= 0.3 is 0 Å². The van der Waals surface area contributed by atoms with Crippen molar-refractivity contribution in [2.24, 2.45) is 0 Å². The molecule has 0 N–H and O–H groups in total. The number of hydrogen-bond acceptors (Lipinski definition) is 9. The Hall–Kier alpha value is -5.38. The Morgan fingerprint density at radius 3 is 0.792 bits per heavy atom. The van der Waals surface area contributed by atoms with Gasteiger partial charge in [0.15, 0.2) is 0 Å². The molecule has 0 radical (unpaired) electrons. The predicted molar refractivity (Wildman–Crippen MR) is 209 cm³/mol. The average molecular weight is 721 g/mol. The topological polar surface area (TPSA) is 71.1 Å². The quantitative estimate of drug-likeness (QED) is 0.0836. The summed E-state index contributed by atoms with van der Waals surface area (Å²) >= 11 is 0. The fourth-order valence-corrected chi connectivity index (χ4v) is 6.54. The zero-order valence-electron chi connectivity index (χ0n) is 32.2. The average Bonchev–Trinajstić information content (AvgIpc) is 3.17. The lowest BCUT2D eigenvalue weighted by atomic mass is 10.1. The second-order valence-electron chi connectivity index (χ2n) is 13.1. The number of methoxy groups -OCH3 is 7. The first-order chi connectivity index (χ1) is 25.7. The van der Waals surface area contributed by atoms with Crippen molar-refractivity contribution < 1.29 is 33.2 Å². The van der Waals surface area contributed by atoms with E-state index in [0.29, 0.717) is 19.6 Å². The maximum absolute atomic E-state index is 5.60. The van der Waals surface area contributed by atoms with Crippen LogP contribution in [0.25, 0.3) is 0 Å².